The fourth-order valence-electron chi connectivity index (χ4n) is 3.70. The van der Waals surface area contributed by atoms with Crippen LogP contribution in [0.1, 0.15) is 30.0 Å². The lowest BCUT2D eigenvalue weighted by Crippen LogP contribution is -2.48. The summed E-state index contributed by atoms with van der Waals surface area (Å²) in [6, 6.07) is 17.6. The minimum atomic E-state index is -0.869. The van der Waals surface area contributed by atoms with Gasteiger partial charge >= 0.3 is 6.03 Å². The summed E-state index contributed by atoms with van der Waals surface area (Å²) in [6.45, 7) is 1.66. The van der Waals surface area contributed by atoms with E-state index in [-0.39, 0.29) is 11.8 Å². The number of benzene rings is 2. The molecule has 1 heterocycles. The topological polar surface area (TPSA) is 105 Å². The number of hydrogen-bond donors (Lipinski definition) is 3. The Hall–Kier alpha value is -3.19. The van der Waals surface area contributed by atoms with Gasteiger partial charge in [-0.2, -0.15) is 0 Å². The quantitative estimate of drug-likeness (QED) is 0.696. The van der Waals surface area contributed by atoms with Crippen LogP contribution in [0.5, 0.6) is 0 Å². The predicted octanol–water partition coefficient (Wildman–Crippen LogP) is 1.95. The van der Waals surface area contributed by atoms with Gasteiger partial charge in [-0.25, -0.2) is 4.79 Å². The van der Waals surface area contributed by atoms with Crippen LogP contribution in [0.15, 0.2) is 60.7 Å². The number of primary amides is 1. The first-order valence-electron chi connectivity index (χ1n) is 9.75. The van der Waals surface area contributed by atoms with Crippen molar-refractivity contribution in [3.8, 4) is 0 Å². The smallest absolute Gasteiger partial charge is 0.318 e. The number of urea groups is 1. The van der Waals surface area contributed by atoms with Gasteiger partial charge in [0.05, 0.1) is 0 Å². The molecule has 3 rings (SSSR count). The van der Waals surface area contributed by atoms with Crippen molar-refractivity contribution in [2.45, 2.75) is 25.4 Å². The van der Waals surface area contributed by atoms with Gasteiger partial charge in [-0.15, -0.1) is 0 Å². The van der Waals surface area contributed by atoms with Crippen molar-refractivity contribution < 1.29 is 14.4 Å². The zero-order chi connectivity index (χ0) is 20.6. The molecule has 2 aromatic rings. The van der Waals surface area contributed by atoms with Gasteiger partial charge in [0.25, 0.3) is 0 Å². The number of piperidine rings is 1. The number of imide groups is 1. The number of likely N-dealkylation sites (tertiary alicyclic amines) is 1. The zero-order valence-electron chi connectivity index (χ0n) is 16.2. The van der Waals surface area contributed by atoms with Gasteiger partial charge in [0.15, 0.2) is 0 Å². The van der Waals surface area contributed by atoms with E-state index in [4.69, 9.17) is 5.73 Å². The van der Waals surface area contributed by atoms with Gasteiger partial charge in [-0.05, 0) is 37.1 Å². The molecule has 2 aromatic carbocycles. The van der Waals surface area contributed by atoms with Crippen LogP contribution in [0, 0.1) is 5.92 Å². The third kappa shape index (κ3) is 5.65. The lowest BCUT2D eigenvalue weighted by Gasteiger charge is -2.36. The average Bonchev–Trinajstić information content (AvgIpc) is 2.74. The predicted molar refractivity (Wildman–Crippen MR) is 109 cm³/mol. The van der Waals surface area contributed by atoms with Crippen molar-refractivity contribution in [2.24, 2.45) is 11.7 Å². The van der Waals surface area contributed by atoms with Crippen LogP contribution in [-0.2, 0) is 16.1 Å². The fourth-order valence-corrected chi connectivity index (χ4v) is 3.70. The monoisotopic (exact) mass is 394 g/mol. The van der Waals surface area contributed by atoms with Gasteiger partial charge in [0, 0.05) is 12.5 Å². The lowest BCUT2D eigenvalue weighted by molar-refractivity contribution is -0.128. The molecule has 0 saturated carbocycles. The molecule has 1 unspecified atom stereocenters. The van der Waals surface area contributed by atoms with Crippen molar-refractivity contribution in [3.63, 3.8) is 0 Å². The first-order chi connectivity index (χ1) is 14.0. The van der Waals surface area contributed by atoms with Crippen LogP contribution in [0.2, 0.25) is 0 Å². The number of carbonyl (C=O) groups is 3. The second-order valence-corrected chi connectivity index (χ2v) is 7.18. The number of nitrogens with one attached hydrogen (secondary N) is 2. The Balaban J connectivity index is 1.60. The van der Waals surface area contributed by atoms with Gasteiger partial charge in [-0.1, -0.05) is 60.7 Å². The van der Waals surface area contributed by atoms with E-state index in [0.29, 0.717) is 32.5 Å². The van der Waals surface area contributed by atoms with E-state index in [1.165, 1.54) is 0 Å². The molecule has 7 nitrogen and oxygen atoms in total. The zero-order valence-corrected chi connectivity index (χ0v) is 16.2. The third-order valence-corrected chi connectivity index (χ3v) is 5.19. The van der Waals surface area contributed by atoms with E-state index in [9.17, 15) is 14.4 Å². The Labute approximate surface area is 170 Å². The number of hydrogen-bond acceptors (Lipinski definition) is 4. The highest BCUT2D eigenvalue weighted by atomic mass is 16.2. The van der Waals surface area contributed by atoms with Crippen molar-refractivity contribution in [3.05, 3.63) is 71.8 Å². The Morgan fingerprint density at radius 2 is 1.55 bits per heavy atom. The van der Waals surface area contributed by atoms with Gasteiger partial charge < -0.3 is 11.1 Å². The summed E-state index contributed by atoms with van der Waals surface area (Å²) in [5.41, 5.74) is 6.99. The second-order valence-electron chi connectivity index (χ2n) is 7.18. The molecule has 29 heavy (non-hydrogen) atoms. The highest BCUT2D eigenvalue weighted by molar-refractivity contribution is 5.96. The molecule has 0 spiro atoms. The molecule has 0 aromatic heterocycles. The molecule has 1 saturated heterocycles. The summed E-state index contributed by atoms with van der Waals surface area (Å²) >= 11 is 0. The second kappa shape index (κ2) is 9.84. The normalized spacial score (nSPS) is 16.0. The Bertz CT molecular complexity index is 834. The summed E-state index contributed by atoms with van der Waals surface area (Å²) in [7, 11) is 0. The third-order valence-electron chi connectivity index (χ3n) is 5.19. The molecule has 1 fully saturated rings. The van der Waals surface area contributed by atoms with E-state index < -0.39 is 18.0 Å². The maximum absolute atomic E-state index is 12.6. The van der Waals surface area contributed by atoms with E-state index in [1.54, 1.807) is 0 Å². The Morgan fingerprint density at radius 1 is 0.966 bits per heavy atom. The maximum atomic E-state index is 12.6. The number of rotatable bonds is 6. The fraction of sp³-hybridized carbons (Fsp3) is 0.318. The number of carbonyl (C=O) groups excluding carboxylic acids is 3. The highest BCUT2D eigenvalue weighted by Gasteiger charge is 2.33. The summed E-state index contributed by atoms with van der Waals surface area (Å²) in [5, 5.41) is 5.19. The lowest BCUT2D eigenvalue weighted by atomic mass is 9.93. The molecule has 1 aliphatic heterocycles. The molecule has 4 N–H and O–H groups in total. The molecular weight excluding hydrogens is 368 g/mol. The first-order valence-corrected chi connectivity index (χ1v) is 9.75. The van der Waals surface area contributed by atoms with Crippen LogP contribution in [-0.4, -0.2) is 35.8 Å². The van der Waals surface area contributed by atoms with Crippen molar-refractivity contribution >= 4 is 17.8 Å². The maximum Gasteiger partial charge on any atom is 0.318 e. The Kier molecular flexibility index (Phi) is 6.97. The summed E-state index contributed by atoms with van der Waals surface area (Å²) in [4.78, 5) is 38.3. The van der Waals surface area contributed by atoms with Crippen molar-refractivity contribution in [1.29, 1.82) is 0 Å². The molecule has 0 aliphatic carbocycles. The minimum Gasteiger partial charge on any atom is -0.352 e. The largest absolute Gasteiger partial charge is 0.352 e. The average molecular weight is 394 g/mol. The summed E-state index contributed by atoms with van der Waals surface area (Å²) in [5.74, 6) is -0.507. The molecule has 0 radical (unpaired) electrons. The number of nitrogens with two attached hydrogens (primary N) is 1. The standard InChI is InChI=1S/C22H26N4O3/c23-22(29)25-21(28)19(17-9-5-2-6-10-17)26-13-11-18(12-14-26)20(27)24-15-16-7-3-1-4-8-16/h1-10,18-19H,11-15H2,(H,24,27)(H3,23,25,28,29). The van der Waals surface area contributed by atoms with Crippen LogP contribution < -0.4 is 16.4 Å². The SMILES string of the molecule is NC(=O)NC(=O)C(c1ccccc1)N1CCC(C(=O)NCc2ccccc2)CC1. The van der Waals surface area contributed by atoms with E-state index >= 15 is 0 Å². The molecule has 1 atom stereocenters. The number of nitrogens with zero attached hydrogens (tertiary/aromatic N) is 1. The molecule has 7 heteroatoms. The van der Waals surface area contributed by atoms with E-state index in [0.717, 1.165) is 11.1 Å². The van der Waals surface area contributed by atoms with Crippen LogP contribution in [0.4, 0.5) is 4.79 Å². The van der Waals surface area contributed by atoms with Gasteiger partial charge in [-0.3, -0.25) is 19.8 Å². The number of amides is 4. The van der Waals surface area contributed by atoms with Gasteiger partial charge in [0.1, 0.15) is 6.04 Å². The molecule has 1 aliphatic rings. The van der Waals surface area contributed by atoms with E-state index in [2.05, 4.69) is 10.6 Å². The first kappa shape index (κ1) is 20.5. The Morgan fingerprint density at radius 3 is 2.14 bits per heavy atom. The highest BCUT2D eigenvalue weighted by Crippen LogP contribution is 2.27. The summed E-state index contributed by atoms with van der Waals surface area (Å²) < 4.78 is 0. The molecular formula is C22H26N4O3. The molecule has 4 amide bonds. The van der Waals surface area contributed by atoms with Crippen LogP contribution >= 0.6 is 0 Å². The molecule has 152 valence electrons. The summed E-state index contributed by atoms with van der Waals surface area (Å²) in [6.07, 6.45) is 1.29. The van der Waals surface area contributed by atoms with Crippen molar-refractivity contribution in [2.75, 3.05) is 13.1 Å². The van der Waals surface area contributed by atoms with Crippen molar-refractivity contribution in [1.82, 2.24) is 15.5 Å². The minimum absolute atomic E-state index is 0.0337. The molecule has 0 bridgehead atoms. The van der Waals surface area contributed by atoms with Crippen LogP contribution in [0.3, 0.4) is 0 Å². The van der Waals surface area contributed by atoms with Crippen LogP contribution in [0.25, 0.3) is 0 Å². The van der Waals surface area contributed by atoms with E-state index in [1.807, 2.05) is 65.6 Å². The van der Waals surface area contributed by atoms with Gasteiger partial charge in [0.2, 0.25) is 11.8 Å².